The van der Waals surface area contributed by atoms with Crippen molar-refractivity contribution in [2.75, 3.05) is 26.0 Å². The van der Waals surface area contributed by atoms with E-state index in [0.717, 1.165) is 11.6 Å². The van der Waals surface area contributed by atoms with Crippen LogP contribution in [0, 0.1) is 0 Å². The zero-order chi connectivity index (χ0) is 9.14. The van der Waals surface area contributed by atoms with Gasteiger partial charge in [0.15, 0.2) is 5.88 Å². The molecule has 0 aliphatic heterocycles. The Morgan fingerprint density at radius 2 is 2.08 bits per heavy atom. The molecule has 3 heteroatoms. The molecule has 0 radical (unpaired) electrons. The molecule has 0 saturated heterocycles. The van der Waals surface area contributed by atoms with Crippen LogP contribution < -0.4 is 10.2 Å². The van der Waals surface area contributed by atoms with Gasteiger partial charge in [-0.3, -0.25) is 0 Å². The van der Waals surface area contributed by atoms with Crippen LogP contribution in [0.25, 0.3) is 0 Å². The molecule has 1 rings (SSSR count). The summed E-state index contributed by atoms with van der Waals surface area (Å²) in [6.07, 6.45) is 0. The summed E-state index contributed by atoms with van der Waals surface area (Å²) in [6, 6.07) is 4.25. The van der Waals surface area contributed by atoms with Gasteiger partial charge in [-0.2, -0.15) is 0 Å². The molecular weight excluding hydrogens is 152 g/mol. The lowest BCUT2D eigenvalue weighted by atomic mass is 10.3. The van der Waals surface area contributed by atoms with Crippen molar-refractivity contribution in [3.8, 4) is 0 Å². The van der Waals surface area contributed by atoms with Crippen LogP contribution in [-0.2, 0) is 0 Å². The van der Waals surface area contributed by atoms with Crippen molar-refractivity contribution in [2.45, 2.75) is 13.0 Å². The van der Waals surface area contributed by atoms with E-state index in [1.54, 1.807) is 0 Å². The van der Waals surface area contributed by atoms with Crippen LogP contribution in [0.5, 0.6) is 0 Å². The van der Waals surface area contributed by atoms with Crippen molar-refractivity contribution in [1.29, 1.82) is 0 Å². The minimum absolute atomic E-state index is 0.277. The largest absolute Gasteiger partial charge is 0.444 e. The van der Waals surface area contributed by atoms with Crippen LogP contribution in [0.1, 0.15) is 18.7 Å². The number of furan rings is 1. The molecule has 68 valence electrons. The summed E-state index contributed by atoms with van der Waals surface area (Å²) < 4.78 is 5.56. The fourth-order valence-corrected chi connectivity index (χ4v) is 0.958. The number of nitrogens with one attached hydrogen (secondary N) is 1. The Morgan fingerprint density at radius 3 is 2.50 bits per heavy atom. The third kappa shape index (κ3) is 1.80. The topological polar surface area (TPSA) is 28.4 Å². The maximum absolute atomic E-state index is 5.56. The number of rotatable bonds is 3. The predicted octanol–water partition coefficient (Wildman–Crippen LogP) is 1.63. The minimum Gasteiger partial charge on any atom is -0.444 e. The third-order valence-electron chi connectivity index (χ3n) is 1.91. The fraction of sp³-hybridized carbons (Fsp3) is 0.556. The van der Waals surface area contributed by atoms with Gasteiger partial charge >= 0.3 is 0 Å². The first kappa shape index (κ1) is 9.13. The minimum atomic E-state index is 0.277. The van der Waals surface area contributed by atoms with Crippen LogP contribution in [-0.4, -0.2) is 21.1 Å². The van der Waals surface area contributed by atoms with Crippen molar-refractivity contribution >= 4 is 5.88 Å². The molecule has 0 unspecified atom stereocenters. The zero-order valence-electron chi connectivity index (χ0n) is 8.09. The number of hydrogen-bond donors (Lipinski definition) is 1. The molecule has 0 aromatic carbocycles. The number of hydrogen-bond acceptors (Lipinski definition) is 3. The summed E-state index contributed by atoms with van der Waals surface area (Å²) in [6.45, 7) is 2.07. The monoisotopic (exact) mass is 168 g/mol. The molecule has 0 amide bonds. The average Bonchev–Trinajstić information content (AvgIpc) is 2.51. The van der Waals surface area contributed by atoms with Crippen LogP contribution in [0.4, 0.5) is 5.88 Å². The first-order valence-electron chi connectivity index (χ1n) is 4.09. The van der Waals surface area contributed by atoms with Crippen LogP contribution in [0.3, 0.4) is 0 Å². The van der Waals surface area contributed by atoms with Gasteiger partial charge in [-0.25, -0.2) is 0 Å². The van der Waals surface area contributed by atoms with Gasteiger partial charge in [-0.1, -0.05) is 0 Å². The summed E-state index contributed by atoms with van der Waals surface area (Å²) in [5.41, 5.74) is 0. The smallest absolute Gasteiger partial charge is 0.195 e. The average molecular weight is 168 g/mol. The third-order valence-corrected chi connectivity index (χ3v) is 1.91. The molecule has 0 bridgehead atoms. The maximum Gasteiger partial charge on any atom is 0.195 e. The van der Waals surface area contributed by atoms with Gasteiger partial charge in [0.1, 0.15) is 5.76 Å². The molecule has 0 spiro atoms. The van der Waals surface area contributed by atoms with Crippen molar-refractivity contribution in [3.63, 3.8) is 0 Å². The Balaban J connectivity index is 2.77. The molecule has 0 aliphatic carbocycles. The first-order valence-corrected chi connectivity index (χ1v) is 4.09. The van der Waals surface area contributed by atoms with Crippen LogP contribution in [0.15, 0.2) is 16.5 Å². The maximum atomic E-state index is 5.56. The second-order valence-corrected chi connectivity index (χ2v) is 3.08. The Bertz CT molecular complexity index is 242. The lowest BCUT2D eigenvalue weighted by molar-refractivity contribution is 0.452. The molecule has 1 atom stereocenters. The number of anilines is 1. The molecule has 0 fully saturated rings. The number of nitrogens with zero attached hydrogens (tertiary/aromatic N) is 1. The molecule has 1 aromatic rings. The van der Waals surface area contributed by atoms with E-state index in [1.165, 1.54) is 0 Å². The van der Waals surface area contributed by atoms with Crippen molar-refractivity contribution in [3.05, 3.63) is 17.9 Å². The van der Waals surface area contributed by atoms with Crippen LogP contribution >= 0.6 is 0 Å². The molecule has 12 heavy (non-hydrogen) atoms. The van der Waals surface area contributed by atoms with E-state index in [9.17, 15) is 0 Å². The van der Waals surface area contributed by atoms with E-state index in [-0.39, 0.29) is 6.04 Å². The van der Waals surface area contributed by atoms with E-state index < -0.39 is 0 Å². The van der Waals surface area contributed by atoms with E-state index in [4.69, 9.17) is 4.42 Å². The highest BCUT2D eigenvalue weighted by Crippen LogP contribution is 2.20. The Labute approximate surface area is 73.4 Å². The van der Waals surface area contributed by atoms with Gasteiger partial charge in [0, 0.05) is 20.2 Å². The van der Waals surface area contributed by atoms with Crippen molar-refractivity contribution < 1.29 is 4.42 Å². The SMILES string of the molecule is CN[C@H](C)c1ccc(N(C)C)o1. The highest BCUT2D eigenvalue weighted by Gasteiger charge is 2.08. The molecule has 1 heterocycles. The van der Waals surface area contributed by atoms with E-state index in [0.29, 0.717) is 0 Å². The lowest BCUT2D eigenvalue weighted by Gasteiger charge is -2.09. The van der Waals surface area contributed by atoms with Gasteiger partial charge < -0.3 is 14.6 Å². The molecular formula is C9H16N2O. The van der Waals surface area contributed by atoms with E-state index in [2.05, 4.69) is 12.2 Å². The quantitative estimate of drug-likeness (QED) is 0.743. The Kier molecular flexibility index (Phi) is 2.76. The summed E-state index contributed by atoms with van der Waals surface area (Å²) in [5, 5.41) is 3.12. The Morgan fingerprint density at radius 1 is 1.42 bits per heavy atom. The molecule has 0 saturated carbocycles. The zero-order valence-corrected chi connectivity index (χ0v) is 8.09. The summed E-state index contributed by atoms with van der Waals surface area (Å²) in [5.74, 6) is 1.87. The first-order chi connectivity index (χ1) is 5.65. The molecule has 1 N–H and O–H groups in total. The van der Waals surface area contributed by atoms with Crippen LogP contribution in [0.2, 0.25) is 0 Å². The van der Waals surface area contributed by atoms with Crippen molar-refractivity contribution in [2.24, 2.45) is 0 Å². The second kappa shape index (κ2) is 3.63. The molecule has 3 nitrogen and oxygen atoms in total. The Hall–Kier alpha value is -0.960. The molecule has 0 aliphatic rings. The van der Waals surface area contributed by atoms with Gasteiger partial charge in [0.2, 0.25) is 0 Å². The van der Waals surface area contributed by atoms with Gasteiger partial charge in [0.25, 0.3) is 0 Å². The highest BCUT2D eigenvalue weighted by atomic mass is 16.4. The highest BCUT2D eigenvalue weighted by molar-refractivity contribution is 5.34. The van der Waals surface area contributed by atoms with E-state index >= 15 is 0 Å². The van der Waals surface area contributed by atoms with Gasteiger partial charge in [0.05, 0.1) is 6.04 Å². The summed E-state index contributed by atoms with van der Waals surface area (Å²) in [4.78, 5) is 1.95. The standard InChI is InChI=1S/C9H16N2O/c1-7(10-2)8-5-6-9(12-8)11(3)4/h5-7,10H,1-4H3/t7-/m1/s1. The lowest BCUT2D eigenvalue weighted by Crippen LogP contribution is -2.11. The normalized spacial score (nSPS) is 13.0. The van der Waals surface area contributed by atoms with E-state index in [1.807, 2.05) is 38.2 Å². The van der Waals surface area contributed by atoms with Gasteiger partial charge in [-0.15, -0.1) is 0 Å². The summed E-state index contributed by atoms with van der Waals surface area (Å²) in [7, 11) is 5.85. The fourth-order valence-electron chi connectivity index (χ4n) is 0.958. The second-order valence-electron chi connectivity index (χ2n) is 3.08. The molecule has 1 aromatic heterocycles. The predicted molar refractivity (Wildman–Crippen MR) is 50.5 cm³/mol. The van der Waals surface area contributed by atoms with Crippen molar-refractivity contribution in [1.82, 2.24) is 5.32 Å². The summed E-state index contributed by atoms with van der Waals surface area (Å²) >= 11 is 0. The van der Waals surface area contributed by atoms with Gasteiger partial charge in [-0.05, 0) is 20.0 Å².